The van der Waals surface area contributed by atoms with E-state index in [0.29, 0.717) is 23.9 Å². The van der Waals surface area contributed by atoms with Crippen molar-refractivity contribution in [3.8, 4) is 0 Å². The largest absolute Gasteiger partial charge is 0.417 e. The first-order valence-electron chi connectivity index (χ1n) is 10.2. The van der Waals surface area contributed by atoms with Crippen LogP contribution in [-0.2, 0) is 6.18 Å². The van der Waals surface area contributed by atoms with E-state index in [2.05, 4.69) is 5.32 Å². The van der Waals surface area contributed by atoms with E-state index >= 15 is 0 Å². The fourth-order valence-corrected chi connectivity index (χ4v) is 4.49. The van der Waals surface area contributed by atoms with Crippen LogP contribution in [0.25, 0.3) is 6.08 Å². The summed E-state index contributed by atoms with van der Waals surface area (Å²) in [6, 6.07) is 4.69. The van der Waals surface area contributed by atoms with Crippen molar-refractivity contribution in [1.29, 1.82) is 0 Å². The Morgan fingerprint density at radius 3 is 2.08 bits per heavy atom. The van der Waals surface area contributed by atoms with Gasteiger partial charge in [0.2, 0.25) is 0 Å². The zero-order valence-corrected chi connectivity index (χ0v) is 21.0. The SMILES string of the molecule is C[C@H](CSCC(F)(F)F)NC(=O)c1ccc(/C=C/C(c2cc(Cl)cc(Cl)c2)C(F)(F)F)cc1C(F)(F)F. The molecule has 0 saturated carbocycles. The van der Waals surface area contributed by atoms with Crippen LogP contribution < -0.4 is 5.32 Å². The van der Waals surface area contributed by atoms with Gasteiger partial charge in [-0.2, -0.15) is 51.3 Å². The summed E-state index contributed by atoms with van der Waals surface area (Å²) in [6.07, 6.45) is -12.9. The van der Waals surface area contributed by atoms with E-state index in [0.717, 1.165) is 30.3 Å². The maximum absolute atomic E-state index is 13.7. The minimum absolute atomic E-state index is 0.0640. The van der Waals surface area contributed by atoms with E-state index in [-0.39, 0.29) is 26.9 Å². The first kappa shape index (κ1) is 31.2. The maximum Gasteiger partial charge on any atom is 0.417 e. The topological polar surface area (TPSA) is 29.1 Å². The summed E-state index contributed by atoms with van der Waals surface area (Å²) in [5.41, 5.74) is -2.85. The zero-order chi connectivity index (χ0) is 28.2. The number of nitrogens with one attached hydrogen (secondary N) is 1. The molecule has 2 aromatic carbocycles. The number of hydrogen-bond acceptors (Lipinski definition) is 2. The standard InChI is InChI=1S/C23H18Cl2F9NOS/c1-12(10-37-11-21(26,27)28)35-20(36)17-4-2-13(6-19(17)23(32,33)34)3-5-18(22(29,30)31)14-7-15(24)9-16(25)8-14/h2-9,12,18H,10-11H2,1H3,(H,35,36)/b5-3+/t12-,18?/m1/s1. The molecule has 2 atom stereocenters. The number of thioether (sulfide) groups is 1. The second-order valence-corrected chi connectivity index (χ2v) is 9.79. The first-order chi connectivity index (χ1) is 16.9. The highest BCUT2D eigenvalue weighted by Crippen LogP contribution is 2.39. The fraction of sp³-hybridized carbons (Fsp3) is 0.348. The third-order valence-corrected chi connectivity index (χ3v) is 6.39. The van der Waals surface area contributed by atoms with Gasteiger partial charge in [-0.3, -0.25) is 4.79 Å². The number of amides is 1. The second-order valence-electron chi connectivity index (χ2n) is 7.89. The van der Waals surface area contributed by atoms with Crippen molar-refractivity contribution < 1.29 is 44.3 Å². The van der Waals surface area contributed by atoms with Crippen molar-refractivity contribution in [1.82, 2.24) is 5.32 Å². The molecule has 1 amide bonds. The number of hydrogen-bond donors (Lipinski definition) is 1. The van der Waals surface area contributed by atoms with E-state index in [4.69, 9.17) is 23.2 Å². The molecule has 2 nitrogen and oxygen atoms in total. The number of rotatable bonds is 8. The van der Waals surface area contributed by atoms with Crippen LogP contribution in [0.5, 0.6) is 0 Å². The highest BCUT2D eigenvalue weighted by molar-refractivity contribution is 7.99. The lowest BCUT2D eigenvalue weighted by Crippen LogP contribution is -2.35. The molecule has 2 aromatic rings. The number of carbonyl (C=O) groups is 1. The van der Waals surface area contributed by atoms with Gasteiger partial charge in [0.05, 0.1) is 22.8 Å². The molecule has 0 heterocycles. The predicted octanol–water partition coefficient (Wildman–Crippen LogP) is 8.79. The minimum Gasteiger partial charge on any atom is -0.349 e. The molecular formula is C23H18Cl2F9NOS. The minimum atomic E-state index is -5.05. The van der Waals surface area contributed by atoms with Gasteiger partial charge in [-0.05, 0) is 48.4 Å². The van der Waals surface area contributed by atoms with Gasteiger partial charge in [0.1, 0.15) is 0 Å². The lowest BCUT2D eigenvalue weighted by Gasteiger charge is -2.19. The molecule has 1 unspecified atom stereocenters. The van der Waals surface area contributed by atoms with E-state index in [1.165, 1.54) is 13.0 Å². The third kappa shape index (κ3) is 9.97. The molecular weight excluding hydrogens is 580 g/mol. The third-order valence-electron chi connectivity index (χ3n) is 4.68. The van der Waals surface area contributed by atoms with E-state index < -0.39 is 53.3 Å². The van der Waals surface area contributed by atoms with Gasteiger partial charge in [-0.25, -0.2) is 0 Å². The van der Waals surface area contributed by atoms with Gasteiger partial charge in [-0.15, -0.1) is 0 Å². The number of carbonyl (C=O) groups excluding carboxylic acids is 1. The number of benzene rings is 2. The second kappa shape index (κ2) is 12.2. The average Bonchev–Trinajstić information content (AvgIpc) is 2.70. The predicted molar refractivity (Wildman–Crippen MR) is 126 cm³/mol. The van der Waals surface area contributed by atoms with Crippen molar-refractivity contribution in [2.24, 2.45) is 0 Å². The first-order valence-corrected chi connectivity index (χ1v) is 12.2. The van der Waals surface area contributed by atoms with Gasteiger partial charge >= 0.3 is 18.5 Å². The lowest BCUT2D eigenvalue weighted by atomic mass is 9.96. The van der Waals surface area contributed by atoms with Gasteiger partial charge in [-0.1, -0.05) is 41.4 Å². The zero-order valence-electron chi connectivity index (χ0n) is 18.7. The summed E-state index contributed by atoms with van der Waals surface area (Å²) in [6.45, 7) is 1.32. The molecule has 0 aromatic heterocycles. The molecule has 204 valence electrons. The lowest BCUT2D eigenvalue weighted by molar-refractivity contribution is -0.139. The van der Waals surface area contributed by atoms with E-state index in [9.17, 15) is 44.3 Å². The Bertz CT molecular complexity index is 1110. The fourth-order valence-electron chi connectivity index (χ4n) is 3.16. The van der Waals surface area contributed by atoms with Crippen LogP contribution in [0.1, 0.15) is 39.9 Å². The Balaban J connectivity index is 2.31. The Morgan fingerprint density at radius 1 is 0.973 bits per heavy atom. The highest BCUT2D eigenvalue weighted by atomic mass is 35.5. The summed E-state index contributed by atoms with van der Waals surface area (Å²) >= 11 is 12.0. The molecule has 37 heavy (non-hydrogen) atoms. The van der Waals surface area contributed by atoms with E-state index in [1.54, 1.807) is 0 Å². The van der Waals surface area contributed by atoms with E-state index in [1.807, 2.05) is 0 Å². The maximum atomic E-state index is 13.7. The molecule has 0 radical (unpaired) electrons. The van der Waals surface area contributed by atoms with Gasteiger partial charge in [0, 0.05) is 21.8 Å². The van der Waals surface area contributed by atoms with Crippen molar-refractivity contribution in [3.63, 3.8) is 0 Å². The van der Waals surface area contributed by atoms with Crippen molar-refractivity contribution in [2.45, 2.75) is 37.4 Å². The molecule has 14 heteroatoms. The molecule has 0 fully saturated rings. The molecule has 0 aliphatic rings. The number of halogens is 11. The summed E-state index contributed by atoms with van der Waals surface area (Å²) in [4.78, 5) is 12.4. The number of alkyl halides is 9. The Labute approximate surface area is 220 Å². The van der Waals surface area contributed by atoms with Crippen molar-refractivity contribution >= 4 is 46.9 Å². The molecule has 0 aliphatic heterocycles. The Hall–Kier alpha value is -2.05. The molecule has 0 bridgehead atoms. The summed E-state index contributed by atoms with van der Waals surface area (Å²) < 4.78 is 119. The normalized spacial score (nSPS) is 14.6. The monoisotopic (exact) mass is 597 g/mol. The average molecular weight is 598 g/mol. The summed E-state index contributed by atoms with van der Waals surface area (Å²) in [5, 5.41) is 2.07. The molecule has 0 spiro atoms. The molecule has 1 N–H and O–H groups in total. The van der Waals surface area contributed by atoms with Crippen LogP contribution in [-0.4, -0.2) is 35.8 Å². The van der Waals surface area contributed by atoms with Crippen molar-refractivity contribution in [2.75, 3.05) is 11.5 Å². The van der Waals surface area contributed by atoms with Crippen LogP contribution >= 0.6 is 35.0 Å². The van der Waals surface area contributed by atoms with Crippen LogP contribution in [0.4, 0.5) is 39.5 Å². The van der Waals surface area contributed by atoms with Gasteiger partial charge in [0.25, 0.3) is 5.91 Å². The van der Waals surface area contributed by atoms with Crippen LogP contribution in [0.3, 0.4) is 0 Å². The van der Waals surface area contributed by atoms with Gasteiger partial charge in [0.15, 0.2) is 0 Å². The van der Waals surface area contributed by atoms with Crippen LogP contribution in [0.2, 0.25) is 10.0 Å². The highest BCUT2D eigenvalue weighted by Gasteiger charge is 2.39. The molecule has 0 saturated heterocycles. The Morgan fingerprint density at radius 2 is 1.57 bits per heavy atom. The van der Waals surface area contributed by atoms with Gasteiger partial charge < -0.3 is 5.32 Å². The Kier molecular flexibility index (Phi) is 10.3. The van der Waals surface area contributed by atoms with Crippen molar-refractivity contribution in [3.05, 3.63) is 74.8 Å². The quantitative estimate of drug-likeness (QED) is 0.308. The smallest absolute Gasteiger partial charge is 0.349 e. The summed E-state index contributed by atoms with van der Waals surface area (Å²) in [5.74, 6) is -4.83. The van der Waals surface area contributed by atoms with Crippen LogP contribution in [0.15, 0.2) is 42.5 Å². The number of allylic oxidation sites excluding steroid dienone is 1. The molecule has 2 rings (SSSR count). The molecule has 0 aliphatic carbocycles. The summed E-state index contributed by atoms with van der Waals surface area (Å²) in [7, 11) is 0. The van der Waals surface area contributed by atoms with Crippen LogP contribution in [0, 0.1) is 0 Å².